The molecule has 1 aromatic heterocycles. The molecule has 0 spiro atoms. The molecule has 5 rings (SSSR count). The van der Waals surface area contributed by atoms with Crippen LogP contribution < -0.4 is 0 Å². The van der Waals surface area contributed by atoms with Crippen molar-refractivity contribution in [3.63, 3.8) is 0 Å². The zero-order valence-electron chi connectivity index (χ0n) is 16.6. The van der Waals surface area contributed by atoms with Gasteiger partial charge in [0.2, 0.25) is 5.91 Å². The SMILES string of the molecule is O=C(N1CCC(Cc2nncn2Cc2ccccc2)C1)C1(c2ccccc2)CC1. The summed E-state index contributed by atoms with van der Waals surface area (Å²) >= 11 is 0. The second-order valence-electron chi connectivity index (χ2n) is 8.42. The molecule has 1 amide bonds. The minimum atomic E-state index is -0.260. The molecule has 1 saturated carbocycles. The fourth-order valence-electron chi connectivity index (χ4n) is 4.60. The van der Waals surface area contributed by atoms with Gasteiger partial charge in [0.25, 0.3) is 0 Å². The summed E-state index contributed by atoms with van der Waals surface area (Å²) in [4.78, 5) is 15.4. The van der Waals surface area contributed by atoms with E-state index in [1.54, 1.807) is 0 Å². The van der Waals surface area contributed by atoms with Gasteiger partial charge >= 0.3 is 0 Å². The summed E-state index contributed by atoms with van der Waals surface area (Å²) in [6.07, 6.45) is 5.67. The van der Waals surface area contributed by atoms with Crippen LogP contribution in [0.2, 0.25) is 0 Å². The van der Waals surface area contributed by atoms with Crippen molar-refractivity contribution in [3.05, 3.63) is 83.9 Å². The quantitative estimate of drug-likeness (QED) is 0.652. The topological polar surface area (TPSA) is 51.0 Å². The van der Waals surface area contributed by atoms with E-state index in [1.165, 1.54) is 11.1 Å². The van der Waals surface area contributed by atoms with E-state index in [2.05, 4.69) is 56.1 Å². The van der Waals surface area contributed by atoms with Crippen LogP contribution in [0.25, 0.3) is 0 Å². The van der Waals surface area contributed by atoms with Crippen molar-refractivity contribution in [3.8, 4) is 0 Å². The number of rotatable bonds is 6. The molecule has 0 radical (unpaired) electrons. The Balaban J connectivity index is 1.24. The van der Waals surface area contributed by atoms with Gasteiger partial charge in [-0.25, -0.2) is 0 Å². The number of benzene rings is 2. The summed E-state index contributed by atoms with van der Waals surface area (Å²) in [5, 5.41) is 8.50. The number of hydrogen-bond acceptors (Lipinski definition) is 3. The number of likely N-dealkylation sites (tertiary alicyclic amines) is 1. The molecule has 1 aliphatic carbocycles. The third-order valence-electron chi connectivity index (χ3n) is 6.42. The molecule has 2 heterocycles. The first-order chi connectivity index (χ1) is 14.2. The molecule has 1 saturated heterocycles. The largest absolute Gasteiger partial charge is 0.342 e. The molecule has 29 heavy (non-hydrogen) atoms. The summed E-state index contributed by atoms with van der Waals surface area (Å²) in [6, 6.07) is 20.7. The Bertz CT molecular complexity index is 978. The smallest absolute Gasteiger partial charge is 0.233 e. The van der Waals surface area contributed by atoms with Gasteiger partial charge in [0.1, 0.15) is 12.2 Å². The molecule has 148 valence electrons. The zero-order chi connectivity index (χ0) is 19.7. The van der Waals surface area contributed by atoms with Gasteiger partial charge in [-0.3, -0.25) is 4.79 Å². The van der Waals surface area contributed by atoms with E-state index >= 15 is 0 Å². The Morgan fingerprint density at radius 3 is 2.48 bits per heavy atom. The lowest BCUT2D eigenvalue weighted by molar-refractivity contribution is -0.133. The van der Waals surface area contributed by atoms with Crippen LogP contribution in [-0.2, 0) is 23.2 Å². The minimum Gasteiger partial charge on any atom is -0.342 e. The molecule has 5 heteroatoms. The molecule has 5 nitrogen and oxygen atoms in total. The molecule has 2 aromatic carbocycles. The van der Waals surface area contributed by atoms with Gasteiger partial charge in [-0.15, -0.1) is 10.2 Å². The third-order valence-corrected chi connectivity index (χ3v) is 6.42. The normalized spacial score (nSPS) is 20.0. The van der Waals surface area contributed by atoms with Crippen molar-refractivity contribution in [1.82, 2.24) is 19.7 Å². The van der Waals surface area contributed by atoms with E-state index in [-0.39, 0.29) is 5.41 Å². The first-order valence-corrected chi connectivity index (χ1v) is 10.5. The summed E-state index contributed by atoms with van der Waals surface area (Å²) in [6.45, 7) is 2.46. The Morgan fingerprint density at radius 2 is 1.76 bits per heavy atom. The lowest BCUT2D eigenvalue weighted by atomic mass is 9.94. The molecular formula is C24H26N4O. The van der Waals surface area contributed by atoms with Gasteiger partial charge in [-0.1, -0.05) is 60.7 Å². The molecule has 1 aliphatic heterocycles. The van der Waals surface area contributed by atoms with Crippen molar-refractivity contribution < 1.29 is 4.79 Å². The number of aromatic nitrogens is 3. The predicted molar refractivity (Wildman–Crippen MR) is 111 cm³/mol. The van der Waals surface area contributed by atoms with E-state index in [4.69, 9.17) is 0 Å². The van der Waals surface area contributed by atoms with Crippen LogP contribution in [0.1, 0.15) is 36.2 Å². The third kappa shape index (κ3) is 3.57. The number of carbonyl (C=O) groups excluding carboxylic acids is 1. The molecule has 0 bridgehead atoms. The number of carbonyl (C=O) groups is 1. The van der Waals surface area contributed by atoms with Crippen molar-refractivity contribution >= 4 is 5.91 Å². The zero-order valence-corrected chi connectivity index (χ0v) is 16.6. The van der Waals surface area contributed by atoms with E-state index in [1.807, 2.05) is 30.6 Å². The van der Waals surface area contributed by atoms with Crippen molar-refractivity contribution in [1.29, 1.82) is 0 Å². The van der Waals surface area contributed by atoms with Gasteiger partial charge in [0, 0.05) is 19.5 Å². The predicted octanol–water partition coefficient (Wildman–Crippen LogP) is 3.45. The molecule has 1 atom stereocenters. The number of nitrogens with zero attached hydrogens (tertiary/aromatic N) is 4. The lowest BCUT2D eigenvalue weighted by Gasteiger charge is -2.23. The lowest BCUT2D eigenvalue weighted by Crippen LogP contribution is -2.38. The molecule has 3 aromatic rings. The molecule has 1 unspecified atom stereocenters. The van der Waals surface area contributed by atoms with Gasteiger partial charge < -0.3 is 9.47 Å². The van der Waals surface area contributed by atoms with E-state index < -0.39 is 0 Å². The van der Waals surface area contributed by atoms with E-state index in [0.29, 0.717) is 11.8 Å². The maximum Gasteiger partial charge on any atom is 0.233 e. The molecule has 2 aliphatic rings. The Morgan fingerprint density at radius 1 is 1.03 bits per heavy atom. The number of hydrogen-bond donors (Lipinski definition) is 0. The maximum atomic E-state index is 13.3. The highest BCUT2D eigenvalue weighted by Gasteiger charge is 2.53. The fraction of sp³-hybridized carbons (Fsp3) is 0.375. The highest BCUT2D eigenvalue weighted by atomic mass is 16.2. The van der Waals surface area contributed by atoms with Crippen LogP contribution in [0.15, 0.2) is 67.0 Å². The summed E-state index contributed by atoms with van der Waals surface area (Å²) in [5.41, 5.74) is 2.16. The van der Waals surface area contributed by atoms with Gasteiger partial charge in [-0.05, 0) is 36.3 Å². The average Bonchev–Trinajstić information content (AvgIpc) is 3.26. The first-order valence-electron chi connectivity index (χ1n) is 10.5. The van der Waals surface area contributed by atoms with E-state index in [0.717, 1.165) is 51.1 Å². The second kappa shape index (κ2) is 7.47. The standard InChI is InChI=1S/C24H26N4O/c29-23(24(12-13-24)21-9-5-2-6-10-21)27-14-11-20(17-27)15-22-26-25-18-28(22)16-19-7-3-1-4-8-19/h1-10,18,20H,11-17H2. The minimum absolute atomic E-state index is 0.260. The van der Waals surface area contributed by atoms with Gasteiger partial charge in [0.05, 0.1) is 12.0 Å². The first kappa shape index (κ1) is 18.1. The Hall–Kier alpha value is -2.95. The molecule has 0 N–H and O–H groups in total. The monoisotopic (exact) mass is 386 g/mol. The van der Waals surface area contributed by atoms with Crippen LogP contribution in [0.4, 0.5) is 0 Å². The average molecular weight is 386 g/mol. The van der Waals surface area contributed by atoms with Crippen LogP contribution >= 0.6 is 0 Å². The second-order valence-corrected chi connectivity index (χ2v) is 8.42. The summed E-state index contributed by atoms with van der Waals surface area (Å²) in [7, 11) is 0. The Kier molecular flexibility index (Phi) is 4.66. The fourth-order valence-corrected chi connectivity index (χ4v) is 4.60. The Labute approximate surface area is 171 Å². The van der Waals surface area contributed by atoms with Crippen molar-refractivity contribution in [2.45, 2.75) is 37.6 Å². The highest BCUT2D eigenvalue weighted by molar-refractivity contribution is 5.91. The van der Waals surface area contributed by atoms with Crippen molar-refractivity contribution in [2.24, 2.45) is 5.92 Å². The van der Waals surface area contributed by atoms with Crippen molar-refractivity contribution in [2.75, 3.05) is 13.1 Å². The van der Waals surface area contributed by atoms with Crippen LogP contribution in [0.5, 0.6) is 0 Å². The maximum absolute atomic E-state index is 13.3. The van der Waals surface area contributed by atoms with Crippen LogP contribution in [0, 0.1) is 5.92 Å². The summed E-state index contributed by atoms with van der Waals surface area (Å²) in [5.74, 6) is 1.78. The van der Waals surface area contributed by atoms with Crippen LogP contribution in [0.3, 0.4) is 0 Å². The van der Waals surface area contributed by atoms with Gasteiger partial charge in [-0.2, -0.15) is 0 Å². The molecular weight excluding hydrogens is 360 g/mol. The van der Waals surface area contributed by atoms with E-state index in [9.17, 15) is 4.79 Å². The van der Waals surface area contributed by atoms with Crippen LogP contribution in [-0.4, -0.2) is 38.7 Å². The highest BCUT2D eigenvalue weighted by Crippen LogP contribution is 2.50. The molecule has 2 fully saturated rings. The number of amides is 1. The summed E-state index contributed by atoms with van der Waals surface area (Å²) < 4.78 is 2.13. The van der Waals surface area contributed by atoms with Gasteiger partial charge in [0.15, 0.2) is 0 Å².